The molecule has 0 spiro atoms. The highest BCUT2D eigenvalue weighted by atomic mass is 79.9. The van der Waals surface area contributed by atoms with E-state index in [1.54, 1.807) is 0 Å². The summed E-state index contributed by atoms with van der Waals surface area (Å²) < 4.78 is 23.9. The Hall–Kier alpha value is -0.880. The van der Waals surface area contributed by atoms with E-state index in [1.165, 1.54) is 0 Å². The van der Waals surface area contributed by atoms with E-state index in [0.717, 1.165) is 10.0 Å². The molecule has 104 valence electrons. The van der Waals surface area contributed by atoms with Crippen LogP contribution >= 0.6 is 15.9 Å². The molecular weight excluding hydrogens is 332 g/mol. The number of hydrogen-bond donors (Lipinski definition) is 1. The third-order valence-corrected chi connectivity index (χ3v) is 5.85. The molecule has 0 saturated carbocycles. The van der Waals surface area contributed by atoms with Gasteiger partial charge in [0, 0.05) is 4.47 Å². The molecule has 0 amide bonds. The SMILES string of the molecule is O=C(O)C(Cc1ccc(Br)cc1)C1CCS(=O)(=O)C1. The van der Waals surface area contributed by atoms with E-state index < -0.39 is 21.7 Å². The Balaban J connectivity index is 2.13. The minimum Gasteiger partial charge on any atom is -0.481 e. The molecule has 1 aliphatic heterocycles. The van der Waals surface area contributed by atoms with Crippen LogP contribution in [0.25, 0.3) is 0 Å². The predicted octanol–water partition coefficient (Wildman–Crippen LogP) is 2.13. The molecular formula is C13H15BrO4S. The van der Waals surface area contributed by atoms with E-state index >= 15 is 0 Å². The van der Waals surface area contributed by atoms with Crippen molar-refractivity contribution in [3.8, 4) is 0 Å². The van der Waals surface area contributed by atoms with Gasteiger partial charge in [0.25, 0.3) is 0 Å². The molecule has 6 heteroatoms. The Morgan fingerprint density at radius 2 is 2.00 bits per heavy atom. The van der Waals surface area contributed by atoms with E-state index in [1.807, 2.05) is 24.3 Å². The van der Waals surface area contributed by atoms with Gasteiger partial charge in [-0.25, -0.2) is 8.42 Å². The second-order valence-electron chi connectivity index (χ2n) is 4.94. The standard InChI is InChI=1S/C13H15BrO4S/c14-11-3-1-9(2-4-11)7-12(13(15)16)10-5-6-19(17,18)8-10/h1-4,10,12H,5-8H2,(H,15,16). The van der Waals surface area contributed by atoms with Crippen molar-refractivity contribution in [2.45, 2.75) is 12.8 Å². The summed E-state index contributed by atoms with van der Waals surface area (Å²) in [6.45, 7) is 0. The molecule has 2 atom stereocenters. The summed E-state index contributed by atoms with van der Waals surface area (Å²) in [6, 6.07) is 7.45. The van der Waals surface area contributed by atoms with Gasteiger partial charge in [0.05, 0.1) is 17.4 Å². The normalized spacial score (nSPS) is 23.1. The van der Waals surface area contributed by atoms with Gasteiger partial charge in [-0.2, -0.15) is 0 Å². The fraction of sp³-hybridized carbons (Fsp3) is 0.462. The molecule has 4 nitrogen and oxygen atoms in total. The zero-order valence-corrected chi connectivity index (χ0v) is 12.7. The maximum atomic E-state index is 11.5. The van der Waals surface area contributed by atoms with Crippen molar-refractivity contribution < 1.29 is 18.3 Å². The van der Waals surface area contributed by atoms with Crippen LogP contribution in [0.15, 0.2) is 28.7 Å². The highest BCUT2D eigenvalue weighted by Crippen LogP contribution is 2.29. The second kappa shape index (κ2) is 5.63. The van der Waals surface area contributed by atoms with Gasteiger partial charge in [0.15, 0.2) is 9.84 Å². The van der Waals surface area contributed by atoms with Crippen molar-refractivity contribution in [1.82, 2.24) is 0 Å². The zero-order valence-electron chi connectivity index (χ0n) is 10.3. The summed E-state index contributed by atoms with van der Waals surface area (Å²) in [5.41, 5.74) is 0.917. The van der Waals surface area contributed by atoms with Crippen molar-refractivity contribution in [3.05, 3.63) is 34.3 Å². The van der Waals surface area contributed by atoms with Crippen molar-refractivity contribution >= 4 is 31.7 Å². The van der Waals surface area contributed by atoms with Crippen LogP contribution in [0.1, 0.15) is 12.0 Å². The van der Waals surface area contributed by atoms with Crippen molar-refractivity contribution in [1.29, 1.82) is 0 Å². The van der Waals surface area contributed by atoms with E-state index in [9.17, 15) is 18.3 Å². The number of halogens is 1. The first-order valence-electron chi connectivity index (χ1n) is 6.05. The highest BCUT2D eigenvalue weighted by Gasteiger charge is 2.37. The van der Waals surface area contributed by atoms with Gasteiger partial charge >= 0.3 is 5.97 Å². The number of carboxylic acids is 1. The second-order valence-corrected chi connectivity index (χ2v) is 8.08. The summed E-state index contributed by atoms with van der Waals surface area (Å²) in [5, 5.41) is 9.32. The Bertz CT molecular complexity index is 565. The van der Waals surface area contributed by atoms with Crippen molar-refractivity contribution in [3.63, 3.8) is 0 Å². The molecule has 0 aliphatic carbocycles. The van der Waals surface area contributed by atoms with Gasteiger partial charge in [-0.15, -0.1) is 0 Å². The van der Waals surface area contributed by atoms with Crippen LogP contribution in [0.3, 0.4) is 0 Å². The molecule has 1 aliphatic rings. The molecule has 1 aromatic carbocycles. The summed E-state index contributed by atoms with van der Waals surface area (Å²) in [6.07, 6.45) is 0.832. The summed E-state index contributed by atoms with van der Waals surface area (Å²) in [7, 11) is -3.04. The smallest absolute Gasteiger partial charge is 0.307 e. The maximum Gasteiger partial charge on any atom is 0.307 e. The number of hydrogen-bond acceptors (Lipinski definition) is 3. The number of carboxylic acid groups (broad SMARTS) is 1. The quantitative estimate of drug-likeness (QED) is 0.906. The topological polar surface area (TPSA) is 71.4 Å². The number of carbonyl (C=O) groups is 1. The van der Waals surface area contributed by atoms with Crippen LogP contribution in [0, 0.1) is 11.8 Å². The minimum absolute atomic E-state index is 0.000491. The van der Waals surface area contributed by atoms with Gasteiger partial charge in [-0.05, 0) is 36.5 Å². The minimum atomic E-state index is -3.04. The number of sulfone groups is 1. The fourth-order valence-electron chi connectivity index (χ4n) is 2.47. The average molecular weight is 347 g/mol. The van der Waals surface area contributed by atoms with Crippen molar-refractivity contribution in [2.24, 2.45) is 11.8 Å². The largest absolute Gasteiger partial charge is 0.481 e. The first-order chi connectivity index (χ1) is 8.87. The predicted molar refractivity (Wildman–Crippen MR) is 75.7 cm³/mol. The molecule has 1 fully saturated rings. The fourth-order valence-corrected chi connectivity index (χ4v) is 4.62. The monoisotopic (exact) mass is 346 g/mol. The van der Waals surface area contributed by atoms with Crippen LogP contribution in [0.4, 0.5) is 0 Å². The lowest BCUT2D eigenvalue weighted by Gasteiger charge is -2.18. The van der Waals surface area contributed by atoms with E-state index in [2.05, 4.69) is 15.9 Å². The van der Waals surface area contributed by atoms with Gasteiger partial charge in [-0.3, -0.25) is 4.79 Å². The van der Waals surface area contributed by atoms with Crippen molar-refractivity contribution in [2.75, 3.05) is 11.5 Å². The molecule has 0 aromatic heterocycles. The van der Waals surface area contributed by atoms with Crippen LogP contribution in [-0.4, -0.2) is 31.0 Å². The Morgan fingerprint density at radius 3 is 2.47 bits per heavy atom. The average Bonchev–Trinajstić information content (AvgIpc) is 2.68. The highest BCUT2D eigenvalue weighted by molar-refractivity contribution is 9.10. The van der Waals surface area contributed by atoms with E-state index in [0.29, 0.717) is 12.8 Å². The summed E-state index contributed by atoms with van der Waals surface area (Å²) in [4.78, 5) is 11.4. The molecule has 1 aromatic rings. The van der Waals surface area contributed by atoms with E-state index in [-0.39, 0.29) is 17.4 Å². The van der Waals surface area contributed by atoms with Crippen LogP contribution in [0.5, 0.6) is 0 Å². The molecule has 2 rings (SSSR count). The molecule has 1 N–H and O–H groups in total. The Morgan fingerprint density at radius 1 is 1.37 bits per heavy atom. The van der Waals surface area contributed by atoms with Gasteiger partial charge in [0.1, 0.15) is 0 Å². The van der Waals surface area contributed by atoms with Gasteiger partial charge in [-0.1, -0.05) is 28.1 Å². The van der Waals surface area contributed by atoms with Crippen LogP contribution < -0.4 is 0 Å². The number of rotatable bonds is 4. The van der Waals surface area contributed by atoms with Crippen LogP contribution in [0.2, 0.25) is 0 Å². The number of aliphatic carboxylic acids is 1. The van der Waals surface area contributed by atoms with Crippen LogP contribution in [-0.2, 0) is 21.1 Å². The first kappa shape index (κ1) is 14.5. The Labute approximate surface area is 120 Å². The lowest BCUT2D eigenvalue weighted by atomic mass is 9.86. The molecule has 1 heterocycles. The molecule has 0 radical (unpaired) electrons. The first-order valence-corrected chi connectivity index (χ1v) is 8.66. The zero-order chi connectivity index (χ0) is 14.0. The molecule has 1 saturated heterocycles. The lowest BCUT2D eigenvalue weighted by Crippen LogP contribution is -2.26. The molecule has 0 bridgehead atoms. The molecule has 19 heavy (non-hydrogen) atoms. The Kier molecular flexibility index (Phi) is 4.30. The summed E-state index contributed by atoms with van der Waals surface area (Å²) >= 11 is 3.33. The number of benzene rings is 1. The van der Waals surface area contributed by atoms with Gasteiger partial charge in [0.2, 0.25) is 0 Å². The van der Waals surface area contributed by atoms with Gasteiger partial charge < -0.3 is 5.11 Å². The third-order valence-electron chi connectivity index (χ3n) is 3.52. The third kappa shape index (κ3) is 3.79. The molecule has 2 unspecified atom stereocenters. The summed E-state index contributed by atoms with van der Waals surface area (Å²) in [5.74, 6) is -1.70. The maximum absolute atomic E-state index is 11.5. The van der Waals surface area contributed by atoms with E-state index in [4.69, 9.17) is 0 Å². The lowest BCUT2D eigenvalue weighted by molar-refractivity contribution is -0.143.